The Morgan fingerprint density at radius 3 is 2.64 bits per heavy atom. The number of aryl methyl sites for hydroxylation is 1. The first kappa shape index (κ1) is 12.2. The van der Waals surface area contributed by atoms with Crippen molar-refractivity contribution in [1.82, 2.24) is 0 Å². The first-order valence-electron chi connectivity index (χ1n) is 5.07. The Balaban J connectivity index is 2.73. The highest BCUT2D eigenvalue weighted by atomic mass is 79.9. The van der Waals surface area contributed by atoms with Gasteiger partial charge < -0.3 is 5.73 Å². The van der Waals surface area contributed by atoms with Crippen molar-refractivity contribution in [3.05, 3.63) is 20.3 Å². The zero-order valence-electron chi connectivity index (χ0n) is 9.01. The van der Waals surface area contributed by atoms with Crippen LogP contribution >= 0.6 is 27.3 Å². The van der Waals surface area contributed by atoms with Crippen LogP contribution in [0.5, 0.6) is 0 Å². The van der Waals surface area contributed by atoms with Crippen molar-refractivity contribution >= 4 is 27.3 Å². The van der Waals surface area contributed by atoms with Crippen molar-refractivity contribution in [3.8, 4) is 0 Å². The molecule has 0 aliphatic carbocycles. The van der Waals surface area contributed by atoms with Crippen LogP contribution in [-0.4, -0.2) is 0 Å². The number of thiophene rings is 1. The van der Waals surface area contributed by atoms with Crippen LogP contribution in [0.1, 0.15) is 42.5 Å². The van der Waals surface area contributed by atoms with Crippen molar-refractivity contribution in [3.63, 3.8) is 0 Å². The maximum atomic E-state index is 6.20. The van der Waals surface area contributed by atoms with Gasteiger partial charge in [-0.25, -0.2) is 0 Å². The molecule has 1 aromatic rings. The molecule has 0 saturated heterocycles. The van der Waals surface area contributed by atoms with Crippen LogP contribution in [0.25, 0.3) is 0 Å². The summed E-state index contributed by atoms with van der Waals surface area (Å²) < 4.78 is 1.19. The van der Waals surface area contributed by atoms with Gasteiger partial charge in [-0.1, -0.05) is 20.3 Å². The second-order valence-corrected chi connectivity index (χ2v) is 5.99. The largest absolute Gasteiger partial charge is 0.323 e. The Labute approximate surface area is 98.8 Å². The molecule has 0 amide bonds. The average Bonchev–Trinajstić information content (AvgIpc) is 2.46. The standard InChI is InChI=1S/C11H18BrNS/c1-4-5-7(2)11(13)10-6-9(12)8(3)14-10/h6-7,11H,4-5,13H2,1-3H3. The van der Waals surface area contributed by atoms with E-state index < -0.39 is 0 Å². The van der Waals surface area contributed by atoms with E-state index in [9.17, 15) is 0 Å². The molecule has 0 radical (unpaired) electrons. The van der Waals surface area contributed by atoms with Crippen LogP contribution in [0.2, 0.25) is 0 Å². The van der Waals surface area contributed by atoms with Crippen molar-refractivity contribution in [2.45, 2.75) is 39.7 Å². The summed E-state index contributed by atoms with van der Waals surface area (Å²) in [5.41, 5.74) is 6.20. The second-order valence-electron chi connectivity index (χ2n) is 3.84. The van der Waals surface area contributed by atoms with Crippen LogP contribution < -0.4 is 5.73 Å². The molecule has 2 atom stereocenters. The van der Waals surface area contributed by atoms with E-state index in [1.807, 2.05) is 0 Å². The average molecular weight is 276 g/mol. The lowest BCUT2D eigenvalue weighted by atomic mass is 9.97. The maximum Gasteiger partial charge on any atom is 0.0416 e. The lowest BCUT2D eigenvalue weighted by Crippen LogP contribution is -2.17. The topological polar surface area (TPSA) is 26.0 Å². The van der Waals surface area contributed by atoms with Gasteiger partial charge in [0.15, 0.2) is 0 Å². The Bertz CT molecular complexity index is 276. The molecule has 2 unspecified atom stereocenters. The van der Waals surface area contributed by atoms with Gasteiger partial charge in [0.25, 0.3) is 0 Å². The van der Waals surface area contributed by atoms with Crippen molar-refractivity contribution in [1.29, 1.82) is 0 Å². The number of hydrogen-bond donors (Lipinski definition) is 1. The van der Waals surface area contributed by atoms with Gasteiger partial charge in [-0.3, -0.25) is 0 Å². The molecule has 0 fully saturated rings. The molecule has 0 aliphatic heterocycles. The number of hydrogen-bond acceptors (Lipinski definition) is 2. The summed E-state index contributed by atoms with van der Waals surface area (Å²) in [5.74, 6) is 0.574. The molecule has 0 spiro atoms. The molecule has 1 aromatic heterocycles. The molecule has 3 heteroatoms. The molecule has 1 heterocycles. The van der Waals surface area contributed by atoms with Gasteiger partial charge in [0.2, 0.25) is 0 Å². The van der Waals surface area contributed by atoms with E-state index in [0.717, 1.165) is 0 Å². The monoisotopic (exact) mass is 275 g/mol. The minimum Gasteiger partial charge on any atom is -0.323 e. The molecule has 0 saturated carbocycles. The fourth-order valence-electron chi connectivity index (χ4n) is 1.56. The number of nitrogens with two attached hydrogens (primary N) is 1. The van der Waals surface area contributed by atoms with Crippen LogP contribution in [0.3, 0.4) is 0 Å². The molecule has 1 rings (SSSR count). The van der Waals surface area contributed by atoms with Crippen molar-refractivity contribution in [2.75, 3.05) is 0 Å². The van der Waals surface area contributed by atoms with Gasteiger partial charge in [0.1, 0.15) is 0 Å². The van der Waals surface area contributed by atoms with E-state index in [2.05, 4.69) is 42.8 Å². The van der Waals surface area contributed by atoms with Crippen molar-refractivity contribution in [2.24, 2.45) is 11.7 Å². The summed E-state index contributed by atoms with van der Waals surface area (Å²) >= 11 is 5.33. The van der Waals surface area contributed by atoms with Crippen LogP contribution in [-0.2, 0) is 0 Å². The van der Waals surface area contributed by atoms with Gasteiger partial charge in [0.05, 0.1) is 0 Å². The third kappa shape index (κ3) is 2.81. The summed E-state index contributed by atoms with van der Waals surface area (Å²) in [5, 5.41) is 0. The highest BCUT2D eigenvalue weighted by molar-refractivity contribution is 9.10. The molecule has 14 heavy (non-hydrogen) atoms. The Hall–Kier alpha value is 0.140. The first-order chi connectivity index (χ1) is 6.56. The normalized spacial score (nSPS) is 15.5. The minimum atomic E-state index is 0.199. The third-order valence-corrected chi connectivity index (χ3v) is 4.80. The van der Waals surface area contributed by atoms with E-state index in [1.54, 1.807) is 11.3 Å². The van der Waals surface area contributed by atoms with E-state index in [4.69, 9.17) is 5.73 Å². The third-order valence-electron chi connectivity index (χ3n) is 2.56. The molecule has 0 bridgehead atoms. The van der Waals surface area contributed by atoms with Gasteiger partial charge in [-0.05, 0) is 41.3 Å². The van der Waals surface area contributed by atoms with Gasteiger partial charge in [-0.15, -0.1) is 11.3 Å². The Morgan fingerprint density at radius 1 is 1.57 bits per heavy atom. The molecular weight excluding hydrogens is 258 g/mol. The smallest absolute Gasteiger partial charge is 0.0416 e. The zero-order valence-corrected chi connectivity index (χ0v) is 11.4. The van der Waals surface area contributed by atoms with Crippen LogP contribution in [0, 0.1) is 12.8 Å². The van der Waals surface area contributed by atoms with E-state index in [-0.39, 0.29) is 6.04 Å². The fourth-order valence-corrected chi connectivity index (χ4v) is 3.26. The molecule has 80 valence electrons. The summed E-state index contributed by atoms with van der Waals surface area (Å²) in [6.07, 6.45) is 2.41. The van der Waals surface area contributed by atoms with Crippen LogP contribution in [0.15, 0.2) is 10.5 Å². The molecule has 0 aliphatic rings. The maximum absolute atomic E-state index is 6.20. The number of rotatable bonds is 4. The van der Waals surface area contributed by atoms with Crippen molar-refractivity contribution < 1.29 is 0 Å². The van der Waals surface area contributed by atoms with Gasteiger partial charge in [-0.2, -0.15) is 0 Å². The highest BCUT2D eigenvalue weighted by Gasteiger charge is 2.16. The Morgan fingerprint density at radius 2 is 2.21 bits per heavy atom. The predicted molar refractivity (Wildman–Crippen MR) is 67.8 cm³/mol. The van der Waals surface area contributed by atoms with Gasteiger partial charge >= 0.3 is 0 Å². The quantitative estimate of drug-likeness (QED) is 0.873. The fraction of sp³-hybridized carbons (Fsp3) is 0.636. The van der Waals surface area contributed by atoms with E-state index in [0.29, 0.717) is 5.92 Å². The molecule has 2 N–H and O–H groups in total. The summed E-state index contributed by atoms with van der Waals surface area (Å²) in [7, 11) is 0. The highest BCUT2D eigenvalue weighted by Crippen LogP contribution is 2.33. The summed E-state index contributed by atoms with van der Waals surface area (Å²) in [6, 6.07) is 2.36. The summed E-state index contributed by atoms with van der Waals surface area (Å²) in [6.45, 7) is 6.56. The van der Waals surface area contributed by atoms with Crippen LogP contribution in [0.4, 0.5) is 0 Å². The van der Waals surface area contributed by atoms with E-state index in [1.165, 1.54) is 27.1 Å². The molecule has 0 aromatic carbocycles. The lowest BCUT2D eigenvalue weighted by Gasteiger charge is -2.17. The minimum absolute atomic E-state index is 0.199. The summed E-state index contributed by atoms with van der Waals surface area (Å²) in [4.78, 5) is 2.62. The first-order valence-corrected chi connectivity index (χ1v) is 6.68. The SMILES string of the molecule is CCCC(C)C(N)c1cc(Br)c(C)s1. The van der Waals surface area contributed by atoms with Gasteiger partial charge in [0, 0.05) is 20.3 Å². The second kappa shape index (κ2) is 5.29. The number of halogens is 1. The predicted octanol–water partition coefficient (Wildman–Crippen LogP) is 4.26. The lowest BCUT2D eigenvalue weighted by molar-refractivity contribution is 0.438. The van der Waals surface area contributed by atoms with E-state index >= 15 is 0 Å². The molecule has 1 nitrogen and oxygen atoms in total. The Kier molecular flexibility index (Phi) is 4.61. The zero-order chi connectivity index (χ0) is 10.7. The molecular formula is C11H18BrNS.